The van der Waals surface area contributed by atoms with E-state index < -0.39 is 11.0 Å². The van der Waals surface area contributed by atoms with Crippen molar-refractivity contribution in [1.29, 1.82) is 0 Å². The van der Waals surface area contributed by atoms with E-state index in [1.165, 1.54) is 0 Å². The van der Waals surface area contributed by atoms with E-state index in [0.717, 1.165) is 0 Å². The molecule has 0 amide bonds. The fourth-order valence-electron chi connectivity index (χ4n) is 0. The summed E-state index contributed by atoms with van der Waals surface area (Å²) in [7, 11) is -2.86. The van der Waals surface area contributed by atoms with E-state index in [9.17, 15) is 0 Å². The van der Waals surface area contributed by atoms with Crippen molar-refractivity contribution >= 4 is 11.0 Å². The number of hydrogen-bond donors (Lipinski definition) is 1. The zero-order valence-corrected chi connectivity index (χ0v) is 4.95. The molecule has 5 heteroatoms. The van der Waals surface area contributed by atoms with Crippen molar-refractivity contribution in [1.82, 2.24) is 0 Å². The molecule has 3 nitrogen and oxygen atoms in total. The van der Waals surface area contributed by atoms with E-state index >= 15 is 0 Å². The molecule has 0 unspecified atom stereocenters. The van der Waals surface area contributed by atoms with Gasteiger partial charge < -0.3 is 20.4 Å². The van der Waals surface area contributed by atoms with Crippen LogP contribution >= 0.6 is 0 Å². The maximum atomic E-state index is 8.56. The SMILES string of the molecule is O=[S-](=O)O.[CH3-].[Fe+2]. The molecule has 0 saturated carbocycles. The first kappa shape index (κ1) is 16.1. The van der Waals surface area contributed by atoms with Gasteiger partial charge in [0.1, 0.15) is 0 Å². The van der Waals surface area contributed by atoms with Crippen LogP contribution in [0, 0.1) is 7.43 Å². The van der Waals surface area contributed by atoms with Gasteiger partial charge in [-0.05, 0) is 0 Å². The van der Waals surface area contributed by atoms with Crippen LogP contribution in [0.3, 0.4) is 0 Å². The molecule has 0 aliphatic heterocycles. The molecule has 0 aromatic heterocycles. The number of hydrogen-bond acceptors (Lipinski definition) is 3. The molecular formula is CH4FeO3S. The van der Waals surface area contributed by atoms with Crippen molar-refractivity contribution in [2.75, 3.05) is 0 Å². The minimum absolute atomic E-state index is 0. The van der Waals surface area contributed by atoms with Crippen molar-refractivity contribution in [3.8, 4) is 0 Å². The van der Waals surface area contributed by atoms with E-state index in [-0.39, 0.29) is 24.5 Å². The third-order valence-electron chi connectivity index (χ3n) is 0. The Kier molecular flexibility index (Phi) is 24.3. The zero-order chi connectivity index (χ0) is 3.58. The molecule has 0 bridgehead atoms. The molecule has 0 aliphatic rings. The van der Waals surface area contributed by atoms with Crippen LogP contribution in [0.2, 0.25) is 0 Å². The third kappa shape index (κ3) is 282. The van der Waals surface area contributed by atoms with E-state index in [1.54, 1.807) is 0 Å². The smallest absolute Gasteiger partial charge is 0.439 e. The Morgan fingerprint density at radius 1 is 1.33 bits per heavy atom. The quantitative estimate of drug-likeness (QED) is 0.177. The van der Waals surface area contributed by atoms with E-state index in [0.29, 0.717) is 0 Å². The second-order valence-corrected chi connectivity index (χ2v) is 0.651. The van der Waals surface area contributed by atoms with Gasteiger partial charge in [-0.25, -0.2) is 0 Å². The van der Waals surface area contributed by atoms with Gasteiger partial charge in [-0.15, -0.1) is 0 Å². The summed E-state index contributed by atoms with van der Waals surface area (Å²) < 4.78 is 24.1. The summed E-state index contributed by atoms with van der Waals surface area (Å²) in [6.07, 6.45) is 0. The first-order valence-electron chi connectivity index (χ1n) is 0.516. The molecular weight excluding hydrogens is 148 g/mol. The van der Waals surface area contributed by atoms with Crippen molar-refractivity contribution in [3.63, 3.8) is 0 Å². The average molecular weight is 152 g/mol. The van der Waals surface area contributed by atoms with Crippen LogP contribution in [0.5, 0.6) is 0 Å². The van der Waals surface area contributed by atoms with Gasteiger partial charge in [0.25, 0.3) is 0 Å². The predicted molar refractivity (Wildman–Crippen MR) is 17.8 cm³/mol. The molecule has 0 aromatic carbocycles. The van der Waals surface area contributed by atoms with Crippen LogP contribution in [0.1, 0.15) is 0 Å². The molecule has 0 saturated heterocycles. The van der Waals surface area contributed by atoms with E-state index in [2.05, 4.69) is 0 Å². The van der Waals surface area contributed by atoms with Crippen LogP contribution < -0.4 is 0 Å². The molecule has 0 spiro atoms. The number of rotatable bonds is 0. The van der Waals surface area contributed by atoms with Crippen LogP contribution in [-0.4, -0.2) is 4.55 Å². The fourth-order valence-corrected chi connectivity index (χ4v) is 0. The summed E-state index contributed by atoms with van der Waals surface area (Å²) in [4.78, 5) is 0. The van der Waals surface area contributed by atoms with Crippen LogP contribution in [0.25, 0.3) is 0 Å². The predicted octanol–water partition coefficient (Wildman–Crippen LogP) is 0.216. The first-order valence-corrected chi connectivity index (χ1v) is 1.55. The monoisotopic (exact) mass is 152 g/mol. The van der Waals surface area contributed by atoms with Crippen molar-refractivity contribution in [2.45, 2.75) is 0 Å². The average Bonchev–Trinajstić information content (AvgIpc) is 0.811. The van der Waals surface area contributed by atoms with Crippen molar-refractivity contribution < 1.29 is 30.0 Å². The topological polar surface area (TPSA) is 54.4 Å². The largest absolute Gasteiger partial charge is 2.00 e. The van der Waals surface area contributed by atoms with Gasteiger partial charge in [-0.2, -0.15) is 0 Å². The van der Waals surface area contributed by atoms with Gasteiger partial charge in [-0.3, -0.25) is 0 Å². The minimum Gasteiger partial charge on any atom is -0.439 e. The van der Waals surface area contributed by atoms with Gasteiger partial charge >= 0.3 is 17.1 Å². The molecule has 0 atom stereocenters. The Balaban J connectivity index is -0.0000000450. The van der Waals surface area contributed by atoms with Gasteiger partial charge in [-0.1, -0.05) is 0 Å². The maximum absolute atomic E-state index is 8.56. The molecule has 0 rings (SSSR count). The molecule has 1 N–H and O–H groups in total. The molecule has 0 aromatic rings. The second-order valence-electron chi connectivity index (χ2n) is 0.217. The summed E-state index contributed by atoms with van der Waals surface area (Å²) in [5.41, 5.74) is 0. The summed E-state index contributed by atoms with van der Waals surface area (Å²) >= 11 is 0. The minimum atomic E-state index is -2.86. The Morgan fingerprint density at radius 3 is 1.33 bits per heavy atom. The summed E-state index contributed by atoms with van der Waals surface area (Å²) in [5.74, 6) is 0. The van der Waals surface area contributed by atoms with Gasteiger partial charge in [0, 0.05) is 11.0 Å². The standard InChI is InChI=1S/CH3.Fe.HO3S/c;;1-4(2)3/h1H3;;(H,1,2,3)/q-1;+2;-1. The Labute approximate surface area is 49.0 Å². The van der Waals surface area contributed by atoms with Gasteiger partial charge in [0.2, 0.25) is 0 Å². The summed E-state index contributed by atoms with van der Waals surface area (Å²) in [6.45, 7) is 0. The van der Waals surface area contributed by atoms with E-state index in [4.69, 9.17) is 13.0 Å². The Bertz CT molecular complexity index is 59.2. The van der Waals surface area contributed by atoms with Crippen LogP contribution in [-0.2, 0) is 36.5 Å². The fraction of sp³-hybridized carbons (Fsp3) is 0. The van der Waals surface area contributed by atoms with Crippen molar-refractivity contribution in [3.05, 3.63) is 7.43 Å². The van der Waals surface area contributed by atoms with Gasteiger partial charge in [0.05, 0.1) is 0 Å². The molecule has 0 radical (unpaired) electrons. The molecule has 0 fully saturated rings. The van der Waals surface area contributed by atoms with E-state index in [1.807, 2.05) is 0 Å². The van der Waals surface area contributed by atoms with Crippen molar-refractivity contribution in [2.24, 2.45) is 0 Å². The maximum Gasteiger partial charge on any atom is 2.00 e. The van der Waals surface area contributed by atoms with Crippen LogP contribution in [0.4, 0.5) is 0 Å². The second kappa shape index (κ2) is 9.06. The molecule has 0 aliphatic carbocycles. The Morgan fingerprint density at radius 2 is 1.33 bits per heavy atom. The zero-order valence-electron chi connectivity index (χ0n) is 3.03. The molecule has 0 heterocycles. The molecule has 40 valence electrons. The Hall–Kier alpha value is 0.429. The normalized spacial score (nSPS) is 5.67. The summed E-state index contributed by atoms with van der Waals surface area (Å²) in [5, 5.41) is 0. The third-order valence-corrected chi connectivity index (χ3v) is 0. The van der Waals surface area contributed by atoms with Crippen LogP contribution in [0.15, 0.2) is 0 Å². The molecule has 6 heavy (non-hydrogen) atoms. The summed E-state index contributed by atoms with van der Waals surface area (Å²) in [6, 6.07) is 0. The van der Waals surface area contributed by atoms with Gasteiger partial charge in [0.15, 0.2) is 0 Å². The first-order chi connectivity index (χ1) is 1.73.